The number of hydrogen-bond donors (Lipinski definition) is 1. The Kier molecular flexibility index (Phi) is 4.69. The molecule has 0 spiro atoms. The molecular weight excluding hydrogens is 196 g/mol. The molecule has 90 valence electrons. The molecule has 1 saturated heterocycles. The van der Waals surface area contributed by atoms with Gasteiger partial charge in [0.1, 0.15) is 0 Å². The molecule has 1 aliphatic carbocycles. The maximum atomic E-state index is 3.65. The lowest BCUT2D eigenvalue weighted by atomic mass is 9.96. The third kappa shape index (κ3) is 4.15. The van der Waals surface area contributed by atoms with E-state index in [-0.39, 0.29) is 0 Å². The van der Waals surface area contributed by atoms with Crippen molar-refractivity contribution in [3.8, 4) is 11.8 Å². The third-order valence-corrected chi connectivity index (χ3v) is 3.71. The van der Waals surface area contributed by atoms with Crippen LogP contribution in [0.4, 0.5) is 0 Å². The molecule has 1 saturated carbocycles. The van der Waals surface area contributed by atoms with Crippen LogP contribution in [0.25, 0.3) is 0 Å². The van der Waals surface area contributed by atoms with Crippen LogP contribution in [-0.4, -0.2) is 37.1 Å². The molecule has 0 unspecified atom stereocenters. The number of likely N-dealkylation sites (tertiary alicyclic amines) is 1. The van der Waals surface area contributed by atoms with E-state index in [1.807, 2.05) is 6.92 Å². The van der Waals surface area contributed by atoms with E-state index in [1.165, 1.54) is 51.9 Å². The maximum absolute atomic E-state index is 3.65. The molecule has 2 nitrogen and oxygen atoms in total. The van der Waals surface area contributed by atoms with Crippen molar-refractivity contribution in [2.45, 2.75) is 45.1 Å². The first kappa shape index (κ1) is 12.0. The van der Waals surface area contributed by atoms with Crippen LogP contribution in [0.15, 0.2) is 0 Å². The minimum atomic E-state index is 0.873. The molecule has 0 atom stereocenters. The van der Waals surface area contributed by atoms with Gasteiger partial charge in [-0.15, -0.1) is 11.8 Å². The smallest absolute Gasteiger partial charge is 0.0216 e. The van der Waals surface area contributed by atoms with Crippen LogP contribution in [0, 0.1) is 17.8 Å². The van der Waals surface area contributed by atoms with Gasteiger partial charge in [0.25, 0.3) is 0 Å². The van der Waals surface area contributed by atoms with Gasteiger partial charge < -0.3 is 10.2 Å². The highest BCUT2D eigenvalue weighted by Gasteiger charge is 2.23. The van der Waals surface area contributed by atoms with Crippen molar-refractivity contribution >= 4 is 0 Å². The summed E-state index contributed by atoms with van der Waals surface area (Å²) < 4.78 is 0. The van der Waals surface area contributed by atoms with Gasteiger partial charge in [-0.3, -0.25) is 0 Å². The average Bonchev–Trinajstić information content (AvgIpc) is 3.12. The molecule has 2 fully saturated rings. The van der Waals surface area contributed by atoms with Gasteiger partial charge in [0, 0.05) is 19.0 Å². The Morgan fingerprint density at radius 1 is 1.19 bits per heavy atom. The van der Waals surface area contributed by atoms with Gasteiger partial charge in [0.2, 0.25) is 0 Å². The summed E-state index contributed by atoms with van der Waals surface area (Å²) in [4.78, 5) is 2.57. The quantitative estimate of drug-likeness (QED) is 0.712. The lowest BCUT2D eigenvalue weighted by Gasteiger charge is -2.31. The molecule has 0 aromatic heterocycles. The number of nitrogens with one attached hydrogen (secondary N) is 1. The van der Waals surface area contributed by atoms with E-state index in [2.05, 4.69) is 22.1 Å². The first-order valence-electron chi connectivity index (χ1n) is 6.74. The lowest BCUT2D eigenvalue weighted by molar-refractivity contribution is 0.185. The summed E-state index contributed by atoms with van der Waals surface area (Å²) in [7, 11) is 0. The highest BCUT2D eigenvalue weighted by molar-refractivity contribution is 4.95. The largest absolute Gasteiger partial charge is 0.314 e. The number of piperidine rings is 1. The second kappa shape index (κ2) is 6.27. The second-order valence-electron chi connectivity index (χ2n) is 5.14. The van der Waals surface area contributed by atoms with Crippen LogP contribution in [0.5, 0.6) is 0 Å². The Bertz CT molecular complexity index is 252. The van der Waals surface area contributed by atoms with Gasteiger partial charge in [-0.2, -0.15) is 0 Å². The molecule has 0 bridgehead atoms. The number of rotatable bonds is 5. The van der Waals surface area contributed by atoms with Crippen LogP contribution in [0.1, 0.15) is 39.0 Å². The fourth-order valence-electron chi connectivity index (χ4n) is 2.37. The standard InChI is InChI=1S/C14H24N2/c1-2-3-4-9-16-10-7-13(8-11-16)12-15-14-5-6-14/h13-15H,4-12H2,1H3. The van der Waals surface area contributed by atoms with E-state index in [9.17, 15) is 0 Å². The second-order valence-corrected chi connectivity index (χ2v) is 5.14. The van der Waals surface area contributed by atoms with E-state index in [0.29, 0.717) is 0 Å². The lowest BCUT2D eigenvalue weighted by Crippen LogP contribution is -2.38. The Morgan fingerprint density at radius 2 is 1.94 bits per heavy atom. The van der Waals surface area contributed by atoms with Crippen molar-refractivity contribution in [3.63, 3.8) is 0 Å². The number of hydrogen-bond acceptors (Lipinski definition) is 2. The first-order valence-corrected chi connectivity index (χ1v) is 6.74. The highest BCUT2D eigenvalue weighted by atomic mass is 15.1. The van der Waals surface area contributed by atoms with Crippen molar-refractivity contribution < 1.29 is 0 Å². The number of nitrogens with zero attached hydrogens (tertiary/aromatic N) is 1. The Balaban J connectivity index is 1.55. The summed E-state index contributed by atoms with van der Waals surface area (Å²) in [5.74, 6) is 7.05. The van der Waals surface area contributed by atoms with Crippen LogP contribution >= 0.6 is 0 Å². The monoisotopic (exact) mass is 220 g/mol. The third-order valence-electron chi connectivity index (χ3n) is 3.71. The minimum absolute atomic E-state index is 0.873. The maximum Gasteiger partial charge on any atom is 0.0216 e. The zero-order chi connectivity index (χ0) is 11.2. The summed E-state index contributed by atoms with van der Waals surface area (Å²) in [5.41, 5.74) is 0. The molecule has 1 heterocycles. The van der Waals surface area contributed by atoms with Gasteiger partial charge in [0.15, 0.2) is 0 Å². The highest BCUT2D eigenvalue weighted by Crippen LogP contribution is 2.21. The summed E-state index contributed by atoms with van der Waals surface area (Å²) in [6.45, 7) is 6.91. The topological polar surface area (TPSA) is 15.3 Å². The summed E-state index contributed by atoms with van der Waals surface area (Å²) >= 11 is 0. The molecule has 2 aliphatic rings. The molecule has 1 N–H and O–H groups in total. The molecule has 0 aromatic rings. The van der Waals surface area contributed by atoms with Crippen molar-refractivity contribution in [3.05, 3.63) is 0 Å². The van der Waals surface area contributed by atoms with Crippen molar-refractivity contribution in [1.82, 2.24) is 10.2 Å². The minimum Gasteiger partial charge on any atom is -0.314 e. The van der Waals surface area contributed by atoms with Gasteiger partial charge in [-0.05, 0) is 58.2 Å². The molecule has 2 rings (SSSR count). The molecule has 1 aliphatic heterocycles. The van der Waals surface area contributed by atoms with Crippen LogP contribution < -0.4 is 5.32 Å². The molecule has 0 aromatic carbocycles. The van der Waals surface area contributed by atoms with E-state index in [1.54, 1.807) is 0 Å². The summed E-state index contributed by atoms with van der Waals surface area (Å²) in [5, 5.41) is 3.65. The van der Waals surface area contributed by atoms with Crippen molar-refractivity contribution in [1.29, 1.82) is 0 Å². The van der Waals surface area contributed by atoms with E-state index in [4.69, 9.17) is 0 Å². The van der Waals surface area contributed by atoms with Crippen LogP contribution in [-0.2, 0) is 0 Å². The van der Waals surface area contributed by atoms with E-state index >= 15 is 0 Å². The molecule has 2 heteroatoms. The van der Waals surface area contributed by atoms with Gasteiger partial charge in [-0.1, -0.05) is 0 Å². The fourth-order valence-corrected chi connectivity index (χ4v) is 2.37. The Hall–Kier alpha value is -0.520. The Labute approximate surface area is 99.8 Å². The van der Waals surface area contributed by atoms with Crippen molar-refractivity contribution in [2.75, 3.05) is 26.2 Å². The summed E-state index contributed by atoms with van der Waals surface area (Å²) in [6.07, 6.45) is 6.61. The Morgan fingerprint density at radius 3 is 2.56 bits per heavy atom. The predicted molar refractivity (Wildman–Crippen MR) is 68.3 cm³/mol. The van der Waals surface area contributed by atoms with Gasteiger partial charge in [-0.25, -0.2) is 0 Å². The molecule has 0 amide bonds. The zero-order valence-electron chi connectivity index (χ0n) is 10.5. The van der Waals surface area contributed by atoms with E-state index in [0.717, 1.165) is 18.4 Å². The van der Waals surface area contributed by atoms with Crippen molar-refractivity contribution in [2.24, 2.45) is 5.92 Å². The van der Waals surface area contributed by atoms with Crippen LogP contribution in [0.3, 0.4) is 0 Å². The van der Waals surface area contributed by atoms with Gasteiger partial charge in [0.05, 0.1) is 0 Å². The molecular formula is C14H24N2. The zero-order valence-corrected chi connectivity index (χ0v) is 10.5. The average molecular weight is 220 g/mol. The predicted octanol–water partition coefficient (Wildman–Crippen LogP) is 1.86. The normalized spacial score (nSPS) is 22.8. The fraction of sp³-hybridized carbons (Fsp3) is 0.857. The van der Waals surface area contributed by atoms with Gasteiger partial charge >= 0.3 is 0 Å². The molecule has 16 heavy (non-hydrogen) atoms. The van der Waals surface area contributed by atoms with Crippen LogP contribution in [0.2, 0.25) is 0 Å². The summed E-state index contributed by atoms with van der Waals surface area (Å²) in [6, 6.07) is 0.873. The first-order chi connectivity index (χ1) is 7.88. The molecule has 0 radical (unpaired) electrons. The SMILES string of the molecule is CC#CCCN1CCC(CNC2CC2)CC1. The van der Waals surface area contributed by atoms with E-state index < -0.39 is 0 Å².